The van der Waals surface area contributed by atoms with Crippen LogP contribution in [0.5, 0.6) is 17.2 Å². The fourth-order valence-corrected chi connectivity index (χ4v) is 8.59. The van der Waals surface area contributed by atoms with Crippen molar-refractivity contribution in [1.82, 2.24) is 4.57 Å². The van der Waals surface area contributed by atoms with Gasteiger partial charge < -0.3 is 19.5 Å². The van der Waals surface area contributed by atoms with Crippen LogP contribution in [0.1, 0.15) is 21.9 Å². The van der Waals surface area contributed by atoms with Crippen molar-refractivity contribution in [3.05, 3.63) is 92.4 Å². The van der Waals surface area contributed by atoms with Gasteiger partial charge in [0.25, 0.3) is 0 Å². The maximum atomic E-state index is 14.1. The highest BCUT2D eigenvalue weighted by molar-refractivity contribution is 8.00. The van der Waals surface area contributed by atoms with Crippen LogP contribution in [0.25, 0.3) is 0 Å². The summed E-state index contributed by atoms with van der Waals surface area (Å²) < 4.78 is 57.9. The molecule has 3 atom stereocenters. The van der Waals surface area contributed by atoms with Crippen molar-refractivity contribution in [3.8, 4) is 17.2 Å². The van der Waals surface area contributed by atoms with E-state index in [1.807, 2.05) is 0 Å². The molecule has 0 unspecified atom stereocenters. The molecule has 47 heavy (non-hydrogen) atoms. The Kier molecular flexibility index (Phi) is 8.53. The number of ether oxygens (including phenoxy) is 3. The molecular weight excluding hydrogens is 659 g/mol. The average Bonchev–Trinajstić information content (AvgIpc) is 3.50. The van der Waals surface area contributed by atoms with E-state index < -0.39 is 63.7 Å². The van der Waals surface area contributed by atoms with Crippen molar-refractivity contribution in [2.45, 2.75) is 28.9 Å². The number of imide groups is 1. The van der Waals surface area contributed by atoms with Crippen LogP contribution in [0.4, 0.5) is 24.5 Å². The number of thioether (sulfide) groups is 1. The highest BCUT2D eigenvalue weighted by Gasteiger charge is 2.57. The molecule has 0 aliphatic carbocycles. The van der Waals surface area contributed by atoms with Crippen molar-refractivity contribution < 1.29 is 41.8 Å². The second-order valence-electron chi connectivity index (χ2n) is 10.6. The lowest BCUT2D eigenvalue weighted by Gasteiger charge is -2.31. The summed E-state index contributed by atoms with van der Waals surface area (Å²) in [4.78, 5) is 55.6. The number of carbonyl (C=O) groups excluding carboxylic acids is 3. The smallest absolute Gasteiger partial charge is 0.418 e. The number of anilines is 2. The van der Waals surface area contributed by atoms with E-state index in [4.69, 9.17) is 14.2 Å². The molecule has 1 fully saturated rings. The van der Waals surface area contributed by atoms with Gasteiger partial charge in [-0.1, -0.05) is 41.3 Å². The van der Waals surface area contributed by atoms with Crippen LogP contribution in [0, 0.1) is 5.92 Å². The molecule has 1 aromatic heterocycles. The Bertz CT molecular complexity index is 1940. The Morgan fingerprint density at radius 1 is 0.894 bits per heavy atom. The first-order valence-electron chi connectivity index (χ1n) is 14.1. The minimum absolute atomic E-state index is 0.276. The number of nitrogens with zero attached hydrogens (tertiary/aromatic N) is 2. The van der Waals surface area contributed by atoms with Gasteiger partial charge in [-0.25, -0.2) is 4.90 Å². The van der Waals surface area contributed by atoms with Crippen LogP contribution >= 0.6 is 23.1 Å². The molecule has 3 amide bonds. The zero-order chi connectivity index (χ0) is 33.6. The van der Waals surface area contributed by atoms with Crippen LogP contribution in [0.3, 0.4) is 0 Å². The molecule has 0 bridgehead atoms. The number of thiazole rings is 1. The molecular formula is C32H26F3N3O7S2. The number of methoxy groups -OCH3 is 3. The first-order chi connectivity index (χ1) is 22.5. The summed E-state index contributed by atoms with van der Waals surface area (Å²) in [5.41, 5.74) is -0.587. The molecule has 6 rings (SSSR count). The Labute approximate surface area is 274 Å². The van der Waals surface area contributed by atoms with E-state index in [0.717, 1.165) is 44.7 Å². The molecule has 2 aliphatic rings. The van der Waals surface area contributed by atoms with Crippen molar-refractivity contribution in [3.63, 3.8) is 0 Å². The minimum atomic E-state index is -4.72. The Hall–Kier alpha value is -4.76. The Morgan fingerprint density at radius 2 is 1.60 bits per heavy atom. The predicted molar refractivity (Wildman–Crippen MR) is 169 cm³/mol. The molecule has 3 heterocycles. The third-order valence-electron chi connectivity index (χ3n) is 7.95. The fraction of sp³-hybridized carbons (Fsp3) is 0.250. The summed E-state index contributed by atoms with van der Waals surface area (Å²) in [6.45, 7) is -0.621. The molecule has 0 radical (unpaired) electrons. The largest absolute Gasteiger partial charge is 0.497 e. The van der Waals surface area contributed by atoms with E-state index >= 15 is 0 Å². The topological polar surface area (TPSA) is 116 Å². The van der Waals surface area contributed by atoms with Crippen LogP contribution in [-0.4, -0.2) is 48.9 Å². The van der Waals surface area contributed by atoms with Crippen molar-refractivity contribution in [1.29, 1.82) is 0 Å². The SMILES string of the molecule is COc1ccc(N2C(=O)[C@H]3[C@H](c4ccc(OC)c(OC)c4)c4sc(=O)n(CC(=O)Nc5ccccc5C(F)(F)F)c4S[C@H]3C2=O)cc1. The number of nitrogens with one attached hydrogen (secondary N) is 1. The average molecular weight is 686 g/mol. The second kappa shape index (κ2) is 12.4. The van der Waals surface area contributed by atoms with E-state index in [9.17, 15) is 32.3 Å². The normalized spacial score (nSPS) is 18.9. The molecule has 4 aromatic rings. The molecule has 0 spiro atoms. The first-order valence-corrected chi connectivity index (χ1v) is 15.8. The zero-order valence-electron chi connectivity index (χ0n) is 25.0. The zero-order valence-corrected chi connectivity index (χ0v) is 26.6. The van der Waals surface area contributed by atoms with Crippen LogP contribution in [0.2, 0.25) is 0 Å². The lowest BCUT2D eigenvalue weighted by Crippen LogP contribution is -2.33. The van der Waals surface area contributed by atoms with E-state index in [-0.39, 0.29) is 5.03 Å². The molecule has 244 valence electrons. The summed E-state index contributed by atoms with van der Waals surface area (Å²) in [6, 6.07) is 16.0. The number of amides is 3. The third kappa shape index (κ3) is 5.73. The highest BCUT2D eigenvalue weighted by Crippen LogP contribution is 2.54. The number of para-hydroxylation sites is 1. The van der Waals surface area contributed by atoms with E-state index in [0.29, 0.717) is 33.4 Å². The highest BCUT2D eigenvalue weighted by atomic mass is 32.2. The number of carbonyl (C=O) groups is 3. The molecule has 2 aliphatic heterocycles. The first kappa shape index (κ1) is 32.2. The fourth-order valence-electron chi connectivity index (χ4n) is 5.82. The van der Waals surface area contributed by atoms with E-state index in [1.165, 1.54) is 33.5 Å². The maximum absolute atomic E-state index is 14.1. The predicted octanol–water partition coefficient (Wildman–Crippen LogP) is 5.39. The van der Waals surface area contributed by atoms with Gasteiger partial charge in [0.2, 0.25) is 17.7 Å². The van der Waals surface area contributed by atoms with Crippen molar-refractivity contribution in [2.24, 2.45) is 5.92 Å². The monoisotopic (exact) mass is 685 g/mol. The number of halogens is 3. The molecule has 0 saturated carbocycles. The second-order valence-corrected chi connectivity index (χ2v) is 12.7. The van der Waals surface area contributed by atoms with Gasteiger partial charge in [0.15, 0.2) is 11.5 Å². The number of rotatable bonds is 8. The molecule has 1 N–H and O–H groups in total. The van der Waals surface area contributed by atoms with Gasteiger partial charge in [-0.15, -0.1) is 0 Å². The summed E-state index contributed by atoms with van der Waals surface area (Å²) in [7, 11) is 4.42. The van der Waals surface area contributed by atoms with E-state index in [2.05, 4.69) is 5.32 Å². The van der Waals surface area contributed by atoms with Gasteiger partial charge in [-0.3, -0.25) is 23.7 Å². The Morgan fingerprint density at radius 3 is 2.26 bits per heavy atom. The minimum Gasteiger partial charge on any atom is -0.497 e. The number of fused-ring (bicyclic) bond motifs is 2. The quantitative estimate of drug-likeness (QED) is 0.246. The number of benzene rings is 3. The van der Waals surface area contributed by atoms with Gasteiger partial charge in [0.1, 0.15) is 17.5 Å². The van der Waals surface area contributed by atoms with Crippen LogP contribution < -0.4 is 29.3 Å². The molecule has 3 aromatic carbocycles. The maximum Gasteiger partial charge on any atom is 0.418 e. The summed E-state index contributed by atoms with van der Waals surface area (Å²) in [6.07, 6.45) is -4.72. The van der Waals surface area contributed by atoms with Gasteiger partial charge in [-0.05, 0) is 54.1 Å². The van der Waals surface area contributed by atoms with E-state index in [1.54, 1.807) is 42.5 Å². The van der Waals surface area contributed by atoms with Gasteiger partial charge >= 0.3 is 11.0 Å². The summed E-state index contributed by atoms with van der Waals surface area (Å²) in [5.74, 6) is -2.28. The number of hydrogen-bond acceptors (Lipinski definition) is 9. The van der Waals surface area contributed by atoms with Gasteiger partial charge in [0.05, 0.1) is 49.2 Å². The summed E-state index contributed by atoms with van der Waals surface area (Å²) in [5, 5.41) is 1.56. The van der Waals surface area contributed by atoms with Crippen LogP contribution in [-0.2, 0) is 27.1 Å². The molecule has 10 nitrogen and oxygen atoms in total. The van der Waals surface area contributed by atoms with Crippen molar-refractivity contribution >= 4 is 52.2 Å². The number of aromatic nitrogens is 1. The lowest BCUT2D eigenvalue weighted by molar-refractivity contribution is -0.137. The lowest BCUT2D eigenvalue weighted by atomic mass is 9.83. The summed E-state index contributed by atoms with van der Waals surface area (Å²) >= 11 is 1.79. The van der Waals surface area contributed by atoms with Gasteiger partial charge in [-0.2, -0.15) is 13.2 Å². The molecule has 1 saturated heterocycles. The Balaban J connectivity index is 1.42. The van der Waals surface area contributed by atoms with Gasteiger partial charge in [0, 0.05) is 10.8 Å². The van der Waals surface area contributed by atoms with Crippen molar-refractivity contribution in [2.75, 3.05) is 31.5 Å². The molecule has 15 heteroatoms. The van der Waals surface area contributed by atoms with Crippen LogP contribution in [0.15, 0.2) is 76.6 Å². The number of alkyl halides is 3. The third-order valence-corrected chi connectivity index (χ3v) is 10.6. The standard InChI is InChI=1S/C32H26F3N3O7S2/c1-43-18-11-9-17(10-12-18)38-28(40)25-24(16-8-13-21(44-2)22(14-16)45-3)27-30(46-26(25)29(38)41)37(31(42)47-27)15-23(39)36-20-7-5-4-6-19(20)32(33,34)35/h4-14,24-26H,15H2,1-3H3,(H,36,39)/t24-,25-,26+/m0/s1. The number of hydrogen-bond donors (Lipinski definition) is 1.